The first kappa shape index (κ1) is 25.6. The molecule has 0 aromatic carbocycles. The number of rotatable bonds is 0. The van der Waals surface area contributed by atoms with Crippen LogP contribution in [0.15, 0.2) is 12.2 Å². The lowest BCUT2D eigenvalue weighted by Crippen LogP contribution is -2.57. The van der Waals surface area contributed by atoms with E-state index in [0.29, 0.717) is 37.6 Å². The Morgan fingerprint density at radius 3 is 2.27 bits per heavy atom. The molecule has 1 aliphatic heterocycles. The molecule has 10 atom stereocenters. The van der Waals surface area contributed by atoms with Gasteiger partial charge in [-0.2, -0.15) is 0 Å². The first-order valence-electron chi connectivity index (χ1n) is 13.6. The predicted octanol–water partition coefficient (Wildman–Crippen LogP) is 4.34. The fourth-order valence-corrected chi connectivity index (χ4v) is 8.50. The summed E-state index contributed by atoms with van der Waals surface area (Å²) in [6.45, 7) is 9.37. The van der Waals surface area contributed by atoms with Gasteiger partial charge in [-0.1, -0.05) is 26.0 Å². The molecule has 33 heavy (non-hydrogen) atoms. The Bertz CT molecular complexity index is 663. The highest BCUT2D eigenvalue weighted by atomic mass is 16.5. The second-order valence-corrected chi connectivity index (χ2v) is 12.2. The van der Waals surface area contributed by atoms with Crippen LogP contribution in [0.4, 0.5) is 0 Å². The summed E-state index contributed by atoms with van der Waals surface area (Å²) in [5, 5.41) is 33.9. The molecule has 0 spiro atoms. The molecule has 1 heterocycles. The molecule has 3 fully saturated rings. The molecule has 3 aliphatic carbocycles. The Hall–Kier alpha value is -0.460. The molecule has 5 nitrogen and oxygen atoms in total. The number of fused-ring (bicyclic) bond motifs is 6. The van der Waals surface area contributed by atoms with Gasteiger partial charge in [-0.15, -0.1) is 0 Å². The Kier molecular flexibility index (Phi) is 8.28. The molecule has 2 bridgehead atoms. The van der Waals surface area contributed by atoms with Crippen molar-refractivity contribution in [2.24, 2.45) is 40.9 Å². The lowest BCUT2D eigenvalue weighted by molar-refractivity contribution is -0.169. The standard InChI is InChI=1S/C28H48O5/c1-19-7-6-15-32-13-4-5-14-33-16-11-23-26(24-9-8-22(19)28(24,3)31)25(30)18-20-17-21(29)10-12-27(20,23)2/h4-5,19-26,29-31H,6-18H2,1-3H3/b5-4+/t19-,20+,21-,22-,23+,24+,25-,26-,27+,28-/m1/s1. The van der Waals surface area contributed by atoms with Crippen molar-refractivity contribution >= 4 is 0 Å². The zero-order chi connectivity index (χ0) is 23.6. The Morgan fingerprint density at radius 1 is 0.818 bits per heavy atom. The summed E-state index contributed by atoms with van der Waals surface area (Å²) in [5.41, 5.74) is -0.684. The average molecular weight is 465 g/mol. The summed E-state index contributed by atoms with van der Waals surface area (Å²) in [4.78, 5) is 0. The van der Waals surface area contributed by atoms with E-state index in [1.54, 1.807) is 0 Å². The third-order valence-corrected chi connectivity index (χ3v) is 10.3. The molecule has 0 radical (unpaired) electrons. The van der Waals surface area contributed by atoms with Crippen LogP contribution in [0.1, 0.15) is 78.6 Å². The van der Waals surface area contributed by atoms with Crippen molar-refractivity contribution in [1.29, 1.82) is 0 Å². The summed E-state index contributed by atoms with van der Waals surface area (Å²) in [6.07, 6.45) is 11.8. The average Bonchev–Trinajstić information content (AvgIpc) is 3.07. The fourth-order valence-electron chi connectivity index (χ4n) is 8.50. The van der Waals surface area contributed by atoms with Gasteiger partial charge < -0.3 is 24.8 Å². The number of ether oxygens (including phenoxy) is 2. The highest BCUT2D eigenvalue weighted by molar-refractivity contribution is 5.09. The van der Waals surface area contributed by atoms with Crippen LogP contribution >= 0.6 is 0 Å². The number of aliphatic hydroxyl groups is 3. The number of hydrogen-bond acceptors (Lipinski definition) is 5. The van der Waals surface area contributed by atoms with E-state index in [1.807, 2.05) is 12.2 Å². The van der Waals surface area contributed by atoms with Gasteiger partial charge in [-0.3, -0.25) is 0 Å². The van der Waals surface area contributed by atoms with Crippen LogP contribution in [-0.2, 0) is 9.47 Å². The van der Waals surface area contributed by atoms with E-state index in [0.717, 1.165) is 64.4 Å². The van der Waals surface area contributed by atoms with Gasteiger partial charge in [-0.05, 0) is 106 Å². The van der Waals surface area contributed by atoms with Gasteiger partial charge in [0.15, 0.2) is 0 Å². The van der Waals surface area contributed by atoms with Gasteiger partial charge in [0.1, 0.15) is 0 Å². The second kappa shape index (κ2) is 10.7. The number of hydrogen-bond donors (Lipinski definition) is 3. The Labute approximate surface area is 200 Å². The van der Waals surface area contributed by atoms with Crippen LogP contribution in [0, 0.1) is 40.9 Å². The molecule has 4 rings (SSSR count). The highest BCUT2D eigenvalue weighted by Gasteiger charge is 2.59. The topological polar surface area (TPSA) is 79.2 Å². The first-order valence-corrected chi connectivity index (χ1v) is 13.6. The molecule has 4 aliphatic rings. The van der Waals surface area contributed by atoms with E-state index in [-0.39, 0.29) is 29.3 Å². The minimum absolute atomic E-state index is 0.0822. The molecule has 0 aromatic heterocycles. The van der Waals surface area contributed by atoms with Crippen molar-refractivity contribution in [3.05, 3.63) is 12.2 Å². The van der Waals surface area contributed by atoms with Crippen molar-refractivity contribution in [3.8, 4) is 0 Å². The van der Waals surface area contributed by atoms with Gasteiger partial charge in [0.25, 0.3) is 0 Å². The molecular formula is C28H48O5. The van der Waals surface area contributed by atoms with E-state index in [9.17, 15) is 15.3 Å². The van der Waals surface area contributed by atoms with Crippen molar-refractivity contribution in [2.75, 3.05) is 26.4 Å². The summed E-state index contributed by atoms with van der Waals surface area (Å²) < 4.78 is 11.8. The molecule has 0 saturated heterocycles. The first-order chi connectivity index (χ1) is 15.7. The normalized spacial score (nSPS) is 51.2. The third kappa shape index (κ3) is 5.23. The van der Waals surface area contributed by atoms with Crippen LogP contribution < -0.4 is 0 Å². The van der Waals surface area contributed by atoms with E-state index < -0.39 is 11.7 Å². The third-order valence-electron chi connectivity index (χ3n) is 10.3. The number of aliphatic hydroxyl groups excluding tert-OH is 2. The van der Waals surface area contributed by atoms with Crippen LogP contribution in [-0.4, -0.2) is 59.6 Å². The van der Waals surface area contributed by atoms with Gasteiger partial charge >= 0.3 is 0 Å². The Balaban J connectivity index is 1.62. The van der Waals surface area contributed by atoms with Gasteiger partial charge in [0.05, 0.1) is 31.0 Å². The van der Waals surface area contributed by atoms with E-state index >= 15 is 0 Å². The molecular weight excluding hydrogens is 416 g/mol. The fraction of sp³-hybridized carbons (Fsp3) is 0.929. The lowest BCUT2D eigenvalue weighted by atomic mass is 9.48. The van der Waals surface area contributed by atoms with Crippen LogP contribution in [0.3, 0.4) is 0 Å². The lowest BCUT2D eigenvalue weighted by Gasteiger charge is -2.58. The van der Waals surface area contributed by atoms with Crippen molar-refractivity contribution in [3.63, 3.8) is 0 Å². The molecule has 0 unspecified atom stereocenters. The molecule has 3 saturated carbocycles. The van der Waals surface area contributed by atoms with E-state index in [1.165, 1.54) is 0 Å². The molecule has 3 N–H and O–H groups in total. The maximum atomic E-state index is 12.0. The van der Waals surface area contributed by atoms with Gasteiger partial charge in [-0.25, -0.2) is 0 Å². The van der Waals surface area contributed by atoms with E-state index in [2.05, 4.69) is 20.8 Å². The largest absolute Gasteiger partial charge is 0.393 e. The van der Waals surface area contributed by atoms with Crippen molar-refractivity contribution in [2.45, 2.75) is 96.4 Å². The van der Waals surface area contributed by atoms with Crippen LogP contribution in [0.25, 0.3) is 0 Å². The highest BCUT2D eigenvalue weighted by Crippen LogP contribution is 2.61. The quantitative estimate of drug-likeness (QED) is 0.465. The van der Waals surface area contributed by atoms with Crippen LogP contribution in [0.2, 0.25) is 0 Å². The molecule has 0 aromatic rings. The van der Waals surface area contributed by atoms with Crippen molar-refractivity contribution < 1.29 is 24.8 Å². The SMILES string of the molecule is C[C@@H]1CCCOC/C=C/COCC[C@H]2[C@@H]([C@H](O)C[C@@H]3C[C@H](O)CC[C@@]32C)[C@@H]2CC[C@H]1[C@@]2(C)O. The zero-order valence-corrected chi connectivity index (χ0v) is 21.1. The predicted molar refractivity (Wildman–Crippen MR) is 130 cm³/mol. The summed E-state index contributed by atoms with van der Waals surface area (Å²) in [6, 6.07) is 0. The maximum Gasteiger partial charge on any atom is 0.0682 e. The van der Waals surface area contributed by atoms with Crippen molar-refractivity contribution in [1.82, 2.24) is 0 Å². The van der Waals surface area contributed by atoms with Gasteiger partial charge in [0.2, 0.25) is 0 Å². The summed E-state index contributed by atoms with van der Waals surface area (Å²) in [7, 11) is 0. The summed E-state index contributed by atoms with van der Waals surface area (Å²) in [5.74, 6) is 1.54. The van der Waals surface area contributed by atoms with Gasteiger partial charge in [0, 0.05) is 13.2 Å². The molecule has 5 heteroatoms. The molecule has 190 valence electrons. The van der Waals surface area contributed by atoms with E-state index in [4.69, 9.17) is 9.47 Å². The smallest absolute Gasteiger partial charge is 0.0682 e. The second-order valence-electron chi connectivity index (χ2n) is 12.2. The minimum Gasteiger partial charge on any atom is -0.393 e. The Morgan fingerprint density at radius 2 is 1.52 bits per heavy atom. The molecule has 0 amide bonds. The summed E-state index contributed by atoms with van der Waals surface area (Å²) >= 11 is 0. The maximum absolute atomic E-state index is 12.0. The minimum atomic E-state index is -0.766. The zero-order valence-electron chi connectivity index (χ0n) is 21.1. The monoisotopic (exact) mass is 464 g/mol. The van der Waals surface area contributed by atoms with Crippen LogP contribution in [0.5, 0.6) is 0 Å².